The smallest absolute Gasteiger partial charge is 0.429 e. The van der Waals surface area contributed by atoms with Crippen molar-refractivity contribution in [1.82, 2.24) is 25.1 Å². The molecule has 0 amide bonds. The number of benzene rings is 2. The highest BCUT2D eigenvalue weighted by molar-refractivity contribution is 5.74. The minimum atomic E-state index is -4.82. The summed E-state index contributed by atoms with van der Waals surface area (Å²) in [6.07, 6.45) is -1.91. The lowest BCUT2D eigenvalue weighted by atomic mass is 9.76. The van der Waals surface area contributed by atoms with Crippen molar-refractivity contribution >= 4 is 17.7 Å². The topological polar surface area (TPSA) is 141 Å². The minimum absolute atomic E-state index is 0.143. The molecule has 7 rings (SSSR count). The summed E-state index contributed by atoms with van der Waals surface area (Å²) in [4.78, 5) is 21.7. The van der Waals surface area contributed by atoms with E-state index in [0.29, 0.717) is 57.0 Å². The van der Waals surface area contributed by atoms with E-state index in [1.165, 1.54) is 16.8 Å². The number of carbonyl (C=O) groups is 1. The maximum absolute atomic E-state index is 14.9. The number of anilines is 2. The zero-order valence-electron chi connectivity index (χ0n) is 26.3. The van der Waals surface area contributed by atoms with Gasteiger partial charge < -0.3 is 30.5 Å². The van der Waals surface area contributed by atoms with Gasteiger partial charge in [-0.3, -0.25) is 4.79 Å². The average Bonchev–Trinajstić information content (AvgIpc) is 3.69. The molecule has 5 heterocycles. The van der Waals surface area contributed by atoms with Gasteiger partial charge in [0.25, 0.3) is 0 Å². The van der Waals surface area contributed by atoms with E-state index in [1.807, 2.05) is 23.1 Å². The highest BCUT2D eigenvalue weighted by atomic mass is 19.4. The van der Waals surface area contributed by atoms with Crippen molar-refractivity contribution in [3.05, 3.63) is 71.5 Å². The number of aromatic nitrogens is 4. The molecular weight excluding hydrogens is 627 g/mol. The van der Waals surface area contributed by atoms with Crippen LogP contribution in [0.25, 0.3) is 16.8 Å². The Morgan fingerprint density at radius 2 is 1.90 bits per heavy atom. The number of nitrogens with two attached hydrogens (primary N) is 1. The number of piperidine rings is 1. The van der Waals surface area contributed by atoms with Gasteiger partial charge in [-0.25, -0.2) is 4.68 Å². The lowest BCUT2D eigenvalue weighted by Crippen LogP contribution is -2.41. The predicted molar refractivity (Wildman–Crippen MR) is 171 cm³/mol. The molecule has 14 heteroatoms. The maximum atomic E-state index is 14.9. The number of hydrogen-bond donors (Lipinski definition) is 3. The highest BCUT2D eigenvalue weighted by Gasteiger charge is 2.46. The van der Waals surface area contributed by atoms with E-state index in [9.17, 15) is 23.1 Å². The molecule has 252 valence electrons. The van der Waals surface area contributed by atoms with Crippen LogP contribution in [-0.4, -0.2) is 69.3 Å². The molecule has 2 atom stereocenters. The molecular formula is C34H36F3N7O4. The van der Waals surface area contributed by atoms with Crippen LogP contribution in [0.4, 0.5) is 24.9 Å². The second-order valence-corrected chi connectivity index (χ2v) is 12.9. The van der Waals surface area contributed by atoms with Crippen molar-refractivity contribution in [1.29, 1.82) is 0 Å². The van der Waals surface area contributed by atoms with E-state index >= 15 is 0 Å². The van der Waals surface area contributed by atoms with Crippen molar-refractivity contribution in [3.63, 3.8) is 0 Å². The number of ether oxygens (including phenoxy) is 2. The van der Waals surface area contributed by atoms with Crippen LogP contribution < -0.4 is 25.4 Å². The number of nitrogen functional groups attached to an aromatic ring is 1. The summed E-state index contributed by atoms with van der Waals surface area (Å²) in [5, 5.41) is 16.9. The van der Waals surface area contributed by atoms with E-state index < -0.39 is 24.3 Å². The SMILES string of the molecule is Cc1ccn(-c2cc(-c3ccc4c(c3)CCCO4)ccc2C(Oc2cc(N3CCC4(CC3)CNC(C(=O)O)C4)nc(N)n2)C(F)(F)F)n1. The van der Waals surface area contributed by atoms with Crippen molar-refractivity contribution in [2.45, 2.75) is 57.3 Å². The van der Waals surface area contributed by atoms with Crippen LogP contribution in [0, 0.1) is 12.3 Å². The Labute approximate surface area is 274 Å². The number of aryl methyl sites for hydroxylation is 2. The second kappa shape index (κ2) is 12.3. The largest absolute Gasteiger partial charge is 0.493 e. The number of carboxylic acids is 1. The Hall–Kier alpha value is -4.85. The van der Waals surface area contributed by atoms with Crippen molar-refractivity contribution < 1.29 is 32.5 Å². The van der Waals surface area contributed by atoms with Crippen LogP contribution in [0.2, 0.25) is 0 Å². The first-order chi connectivity index (χ1) is 23.0. The first kappa shape index (κ1) is 31.7. The lowest BCUT2D eigenvalue weighted by Gasteiger charge is -2.39. The number of fused-ring (bicyclic) bond motifs is 1. The van der Waals surface area contributed by atoms with Crippen LogP contribution >= 0.6 is 0 Å². The molecule has 2 unspecified atom stereocenters. The van der Waals surface area contributed by atoms with Gasteiger partial charge in [-0.15, -0.1) is 0 Å². The fraction of sp³-hybridized carbons (Fsp3) is 0.412. The van der Waals surface area contributed by atoms with Crippen LogP contribution in [-0.2, 0) is 11.2 Å². The quantitative estimate of drug-likeness (QED) is 0.240. The second-order valence-electron chi connectivity index (χ2n) is 12.9. The van der Waals surface area contributed by atoms with Crippen LogP contribution in [0.3, 0.4) is 0 Å². The summed E-state index contributed by atoms with van der Waals surface area (Å²) in [6, 6.07) is 13.1. The number of rotatable bonds is 7. The predicted octanol–water partition coefficient (Wildman–Crippen LogP) is 5.26. The minimum Gasteiger partial charge on any atom is -0.493 e. The number of hydrogen-bond acceptors (Lipinski definition) is 9. The first-order valence-electron chi connectivity index (χ1n) is 16.0. The molecule has 0 radical (unpaired) electrons. The van der Waals surface area contributed by atoms with Gasteiger partial charge in [-0.2, -0.15) is 28.2 Å². The monoisotopic (exact) mass is 663 g/mol. The Morgan fingerprint density at radius 1 is 1.12 bits per heavy atom. The standard InChI is InChI=1S/C34H36F3N7O4/c1-20-8-11-44(42-20)26-16-22(21-5-7-27-23(15-21)3-2-14-47-27)4-6-24(26)30(34(35,36)37)48-29-17-28(40-32(38)41-29)43-12-9-33(10-13-43)18-25(31(45)46)39-19-33/h4-8,11,15-17,25,30,39H,2-3,9-10,12-14,18-19H2,1H3,(H,45,46)(H2,38,40,41). The fourth-order valence-electron chi connectivity index (χ4n) is 7.00. The summed E-state index contributed by atoms with van der Waals surface area (Å²) < 4.78 is 57.6. The Bertz CT molecular complexity index is 1840. The van der Waals surface area contributed by atoms with Gasteiger partial charge in [0, 0.05) is 37.5 Å². The molecule has 0 bridgehead atoms. The summed E-state index contributed by atoms with van der Waals surface area (Å²) in [7, 11) is 0. The van der Waals surface area contributed by atoms with Gasteiger partial charge in [0.05, 0.1) is 18.0 Å². The molecule has 1 spiro atoms. The molecule has 3 aliphatic rings. The van der Waals surface area contributed by atoms with Gasteiger partial charge in [-0.1, -0.05) is 18.2 Å². The summed E-state index contributed by atoms with van der Waals surface area (Å²) >= 11 is 0. The molecule has 3 aliphatic heterocycles. The molecule has 2 aromatic carbocycles. The van der Waals surface area contributed by atoms with E-state index in [-0.39, 0.29) is 28.5 Å². The molecule has 2 saturated heterocycles. The van der Waals surface area contributed by atoms with Crippen molar-refractivity contribution in [2.24, 2.45) is 5.41 Å². The Morgan fingerprint density at radius 3 is 2.60 bits per heavy atom. The van der Waals surface area contributed by atoms with Gasteiger partial charge in [0.15, 0.2) is 0 Å². The maximum Gasteiger partial charge on any atom is 0.429 e. The number of aliphatic carboxylic acids is 1. The van der Waals surface area contributed by atoms with Crippen LogP contribution in [0.1, 0.15) is 48.6 Å². The van der Waals surface area contributed by atoms with Gasteiger partial charge in [0.1, 0.15) is 17.6 Å². The number of alkyl halides is 3. The summed E-state index contributed by atoms with van der Waals surface area (Å²) in [5.74, 6) is -0.219. The fourth-order valence-corrected chi connectivity index (χ4v) is 7.00. The summed E-state index contributed by atoms with van der Waals surface area (Å²) in [6.45, 7) is 4.09. The zero-order chi connectivity index (χ0) is 33.6. The molecule has 0 saturated carbocycles. The Kier molecular flexibility index (Phi) is 8.14. The lowest BCUT2D eigenvalue weighted by molar-refractivity contribution is -0.198. The van der Waals surface area contributed by atoms with Crippen molar-refractivity contribution in [2.75, 3.05) is 36.9 Å². The van der Waals surface area contributed by atoms with E-state index in [1.54, 1.807) is 31.3 Å². The molecule has 4 aromatic rings. The zero-order valence-corrected chi connectivity index (χ0v) is 26.3. The van der Waals surface area contributed by atoms with E-state index in [0.717, 1.165) is 35.3 Å². The van der Waals surface area contributed by atoms with Gasteiger partial charge >= 0.3 is 12.1 Å². The molecule has 11 nitrogen and oxygen atoms in total. The number of carboxylic acid groups (broad SMARTS) is 1. The normalized spacial score (nSPS) is 19.5. The third kappa shape index (κ3) is 6.36. The number of nitrogens with one attached hydrogen (secondary N) is 1. The van der Waals surface area contributed by atoms with Crippen LogP contribution in [0.15, 0.2) is 54.7 Å². The van der Waals surface area contributed by atoms with Gasteiger partial charge in [-0.05, 0) is 85.4 Å². The average molecular weight is 664 g/mol. The number of nitrogens with zero attached hydrogens (tertiary/aromatic N) is 5. The highest BCUT2D eigenvalue weighted by Crippen LogP contribution is 2.43. The first-order valence-corrected chi connectivity index (χ1v) is 16.0. The van der Waals surface area contributed by atoms with Crippen LogP contribution in [0.5, 0.6) is 11.6 Å². The third-order valence-corrected chi connectivity index (χ3v) is 9.57. The summed E-state index contributed by atoms with van der Waals surface area (Å²) in [5.41, 5.74) is 9.19. The van der Waals surface area contributed by atoms with E-state index in [2.05, 4.69) is 20.4 Å². The Balaban J connectivity index is 1.19. The van der Waals surface area contributed by atoms with Gasteiger partial charge in [0.2, 0.25) is 17.9 Å². The molecule has 48 heavy (non-hydrogen) atoms. The van der Waals surface area contributed by atoms with Crippen molar-refractivity contribution in [3.8, 4) is 28.4 Å². The third-order valence-electron chi connectivity index (χ3n) is 9.57. The molecule has 2 fully saturated rings. The van der Waals surface area contributed by atoms with E-state index in [4.69, 9.17) is 15.2 Å². The molecule has 4 N–H and O–H groups in total. The molecule has 2 aromatic heterocycles. The number of halogens is 3. The molecule has 0 aliphatic carbocycles.